The Labute approximate surface area is 182 Å². The highest BCUT2D eigenvalue weighted by Crippen LogP contribution is 2.19. The number of anilines is 1. The van der Waals surface area contributed by atoms with Crippen molar-refractivity contribution in [2.75, 3.05) is 38.3 Å². The van der Waals surface area contributed by atoms with Gasteiger partial charge in [0.25, 0.3) is 0 Å². The van der Waals surface area contributed by atoms with E-state index in [4.69, 9.17) is 22.1 Å². The first-order valence-electron chi connectivity index (χ1n) is 10.3. The second kappa shape index (κ2) is 9.51. The zero-order valence-electron chi connectivity index (χ0n) is 17.6. The summed E-state index contributed by atoms with van der Waals surface area (Å²) in [5.74, 6) is 0.883. The number of aromatic nitrogens is 4. The molecule has 2 aromatic heterocycles. The second-order valence-corrected chi connectivity index (χ2v) is 7.87. The summed E-state index contributed by atoms with van der Waals surface area (Å²) in [6.07, 6.45) is 3.56. The molecule has 7 nitrogen and oxygen atoms in total. The number of rotatable bonds is 7. The van der Waals surface area contributed by atoms with E-state index in [9.17, 15) is 0 Å². The molecule has 3 heterocycles. The average molecular weight is 425 g/mol. The first-order chi connectivity index (χ1) is 14.7. The average Bonchev–Trinajstić information content (AvgIpc) is 3.10. The minimum atomic E-state index is 0.634. The first-order valence-corrected chi connectivity index (χ1v) is 10.7. The third-order valence-electron chi connectivity index (χ3n) is 5.32. The monoisotopic (exact) mass is 424 g/mol. The summed E-state index contributed by atoms with van der Waals surface area (Å²) in [6.45, 7) is 7.85. The van der Waals surface area contributed by atoms with Crippen molar-refractivity contribution >= 4 is 17.9 Å². The van der Waals surface area contributed by atoms with Crippen LogP contribution in [-0.2, 0) is 24.5 Å². The molecule has 0 radical (unpaired) electrons. The third kappa shape index (κ3) is 4.61. The van der Waals surface area contributed by atoms with Crippen molar-refractivity contribution in [2.45, 2.75) is 26.7 Å². The number of morpholine rings is 1. The van der Waals surface area contributed by atoms with Crippen LogP contribution in [0.3, 0.4) is 0 Å². The SMILES string of the molecule is CCn1c(-c2ccncc2)nn(CN(C)Cc2ccc(N3CCOCC3)cc2)c1=S. The Bertz CT molecular complexity index is 1010. The van der Waals surface area contributed by atoms with Gasteiger partial charge in [-0.1, -0.05) is 12.1 Å². The van der Waals surface area contributed by atoms with Crippen LogP contribution in [0.25, 0.3) is 11.4 Å². The molecule has 158 valence electrons. The first kappa shape index (κ1) is 20.7. The highest BCUT2D eigenvalue weighted by molar-refractivity contribution is 7.71. The molecule has 1 aliphatic rings. The highest BCUT2D eigenvalue weighted by atomic mass is 32.1. The van der Waals surface area contributed by atoms with Crippen molar-refractivity contribution < 1.29 is 4.74 Å². The summed E-state index contributed by atoms with van der Waals surface area (Å²) in [5, 5.41) is 4.80. The number of ether oxygens (including phenoxy) is 1. The molecule has 0 saturated carbocycles. The molecular formula is C22H28N6OS. The molecule has 4 rings (SSSR count). The Morgan fingerprint density at radius 3 is 2.43 bits per heavy atom. The van der Waals surface area contributed by atoms with Gasteiger partial charge in [-0.25, -0.2) is 4.68 Å². The predicted octanol–water partition coefficient (Wildman–Crippen LogP) is 3.42. The van der Waals surface area contributed by atoms with Crippen LogP contribution >= 0.6 is 12.2 Å². The Morgan fingerprint density at radius 2 is 1.77 bits per heavy atom. The van der Waals surface area contributed by atoms with E-state index in [0.717, 1.165) is 55.6 Å². The van der Waals surface area contributed by atoms with E-state index in [-0.39, 0.29) is 0 Å². The van der Waals surface area contributed by atoms with Crippen molar-refractivity contribution in [3.63, 3.8) is 0 Å². The fraction of sp³-hybridized carbons (Fsp3) is 0.409. The summed E-state index contributed by atoms with van der Waals surface area (Å²) in [6, 6.07) is 12.7. The maximum absolute atomic E-state index is 5.69. The largest absolute Gasteiger partial charge is 0.378 e. The molecule has 0 atom stereocenters. The van der Waals surface area contributed by atoms with E-state index in [1.165, 1.54) is 11.3 Å². The second-order valence-electron chi connectivity index (χ2n) is 7.51. The minimum Gasteiger partial charge on any atom is -0.378 e. The number of hydrogen-bond acceptors (Lipinski definition) is 6. The van der Waals surface area contributed by atoms with Gasteiger partial charge in [0.2, 0.25) is 0 Å². The molecule has 1 saturated heterocycles. The Kier molecular flexibility index (Phi) is 6.56. The van der Waals surface area contributed by atoms with Crippen LogP contribution in [-0.4, -0.2) is 57.6 Å². The number of nitrogens with zero attached hydrogens (tertiary/aromatic N) is 6. The predicted molar refractivity (Wildman–Crippen MR) is 121 cm³/mol. The molecule has 0 unspecified atom stereocenters. The van der Waals surface area contributed by atoms with Gasteiger partial charge in [0, 0.05) is 49.8 Å². The lowest BCUT2D eigenvalue weighted by atomic mass is 10.2. The lowest BCUT2D eigenvalue weighted by Gasteiger charge is -2.29. The molecule has 8 heteroatoms. The molecule has 0 spiro atoms. The summed E-state index contributed by atoms with van der Waals surface area (Å²) < 4.78 is 10.1. The number of hydrogen-bond donors (Lipinski definition) is 0. The van der Waals surface area contributed by atoms with Crippen molar-refractivity contribution in [1.29, 1.82) is 0 Å². The topological polar surface area (TPSA) is 51.4 Å². The van der Waals surface area contributed by atoms with Crippen LogP contribution < -0.4 is 4.90 Å². The van der Waals surface area contributed by atoms with Crippen molar-refractivity contribution in [2.24, 2.45) is 0 Å². The minimum absolute atomic E-state index is 0.634. The fourth-order valence-electron chi connectivity index (χ4n) is 3.76. The fourth-order valence-corrected chi connectivity index (χ4v) is 4.07. The van der Waals surface area contributed by atoms with Gasteiger partial charge in [-0.05, 0) is 56.0 Å². The van der Waals surface area contributed by atoms with E-state index in [1.54, 1.807) is 12.4 Å². The van der Waals surface area contributed by atoms with Crippen molar-refractivity contribution in [3.8, 4) is 11.4 Å². The van der Waals surface area contributed by atoms with Gasteiger partial charge in [0.1, 0.15) is 0 Å². The highest BCUT2D eigenvalue weighted by Gasteiger charge is 2.14. The van der Waals surface area contributed by atoms with Crippen LogP contribution in [0, 0.1) is 4.77 Å². The van der Waals surface area contributed by atoms with Gasteiger partial charge in [0.05, 0.1) is 19.9 Å². The maximum atomic E-state index is 5.69. The number of pyridine rings is 1. The summed E-state index contributed by atoms with van der Waals surface area (Å²) in [5.41, 5.74) is 3.55. The maximum Gasteiger partial charge on any atom is 0.199 e. The quantitative estimate of drug-likeness (QED) is 0.542. The van der Waals surface area contributed by atoms with Gasteiger partial charge < -0.3 is 14.2 Å². The van der Waals surface area contributed by atoms with Crippen LogP contribution in [0.5, 0.6) is 0 Å². The van der Waals surface area contributed by atoms with E-state index in [1.807, 2.05) is 16.8 Å². The summed E-state index contributed by atoms with van der Waals surface area (Å²) in [4.78, 5) is 8.69. The lowest BCUT2D eigenvalue weighted by Crippen LogP contribution is -2.36. The Morgan fingerprint density at radius 1 is 1.07 bits per heavy atom. The normalized spacial score (nSPS) is 14.4. The van der Waals surface area contributed by atoms with Gasteiger partial charge >= 0.3 is 0 Å². The molecule has 1 aliphatic heterocycles. The lowest BCUT2D eigenvalue weighted by molar-refractivity contribution is 0.122. The smallest absolute Gasteiger partial charge is 0.199 e. The molecule has 0 bridgehead atoms. The third-order valence-corrected chi connectivity index (χ3v) is 5.75. The van der Waals surface area contributed by atoms with Crippen molar-refractivity contribution in [3.05, 3.63) is 59.1 Å². The molecule has 30 heavy (non-hydrogen) atoms. The van der Waals surface area contributed by atoms with E-state index in [2.05, 4.69) is 57.6 Å². The van der Waals surface area contributed by atoms with Gasteiger partial charge in [-0.3, -0.25) is 9.88 Å². The molecule has 0 N–H and O–H groups in total. The summed E-state index contributed by atoms with van der Waals surface area (Å²) in [7, 11) is 2.09. The van der Waals surface area contributed by atoms with Crippen LogP contribution in [0.1, 0.15) is 12.5 Å². The summed E-state index contributed by atoms with van der Waals surface area (Å²) >= 11 is 5.69. The Balaban J connectivity index is 1.44. The molecular weight excluding hydrogens is 396 g/mol. The molecule has 0 amide bonds. The van der Waals surface area contributed by atoms with Crippen LogP contribution in [0.4, 0.5) is 5.69 Å². The van der Waals surface area contributed by atoms with Gasteiger partial charge in [0.15, 0.2) is 10.6 Å². The van der Waals surface area contributed by atoms with Gasteiger partial charge in [-0.2, -0.15) is 5.10 Å². The van der Waals surface area contributed by atoms with Crippen molar-refractivity contribution in [1.82, 2.24) is 24.2 Å². The Hall–Kier alpha value is -2.55. The molecule has 1 fully saturated rings. The van der Waals surface area contributed by atoms with E-state index in [0.29, 0.717) is 6.67 Å². The zero-order chi connectivity index (χ0) is 20.9. The van der Waals surface area contributed by atoms with Gasteiger partial charge in [-0.15, -0.1) is 0 Å². The van der Waals surface area contributed by atoms with Crippen LogP contribution in [0.15, 0.2) is 48.8 Å². The molecule has 1 aromatic carbocycles. The number of benzene rings is 1. The van der Waals surface area contributed by atoms with Crippen LogP contribution in [0.2, 0.25) is 0 Å². The van der Waals surface area contributed by atoms with E-state index >= 15 is 0 Å². The standard InChI is InChI=1S/C22H28N6OS/c1-3-27-21(19-8-10-23-11-9-19)24-28(22(27)30)17-25(2)16-18-4-6-20(7-5-18)26-12-14-29-15-13-26/h4-11H,3,12-17H2,1-2H3. The van der Waals surface area contributed by atoms with E-state index < -0.39 is 0 Å². The zero-order valence-corrected chi connectivity index (χ0v) is 18.4. The molecule has 3 aromatic rings. The molecule has 0 aliphatic carbocycles.